The van der Waals surface area contributed by atoms with Crippen molar-refractivity contribution in [3.05, 3.63) is 0 Å². The van der Waals surface area contributed by atoms with Crippen LogP contribution in [0.4, 0.5) is 0 Å². The van der Waals surface area contributed by atoms with Crippen molar-refractivity contribution >= 4 is 24.8 Å². The van der Waals surface area contributed by atoms with Crippen LogP contribution in [0.2, 0.25) is 0 Å². The average Bonchev–Trinajstić information content (AvgIpc) is 2.64. The first-order chi connectivity index (χ1) is 5.50. The zero-order valence-electron chi connectivity index (χ0n) is 8.18. The van der Waals surface area contributed by atoms with Gasteiger partial charge in [-0.2, -0.15) is 0 Å². The highest BCUT2D eigenvalue weighted by molar-refractivity contribution is 5.85. The number of hydrogen-bond donors (Lipinski definition) is 2. The molecule has 0 unspecified atom stereocenters. The number of hydrogen-bond acceptors (Lipinski definition) is 2. The van der Waals surface area contributed by atoms with E-state index in [1.807, 2.05) is 0 Å². The van der Waals surface area contributed by atoms with E-state index < -0.39 is 0 Å². The molecule has 2 rings (SSSR count). The van der Waals surface area contributed by atoms with Crippen LogP contribution in [0.3, 0.4) is 0 Å². The van der Waals surface area contributed by atoms with Crippen LogP contribution in [0.15, 0.2) is 0 Å². The van der Waals surface area contributed by atoms with Gasteiger partial charge < -0.3 is 10.6 Å². The molecule has 0 bridgehead atoms. The summed E-state index contributed by atoms with van der Waals surface area (Å²) in [6, 6.07) is 0. The van der Waals surface area contributed by atoms with Gasteiger partial charge in [-0.15, -0.1) is 24.8 Å². The summed E-state index contributed by atoms with van der Waals surface area (Å²) in [5.74, 6) is 0. The molecule has 0 radical (unpaired) electrons. The molecule has 4 heteroatoms. The fourth-order valence-electron chi connectivity index (χ4n) is 1.43. The van der Waals surface area contributed by atoms with Gasteiger partial charge in [-0.1, -0.05) is 6.42 Å². The zero-order valence-corrected chi connectivity index (χ0v) is 9.81. The minimum absolute atomic E-state index is 0. The lowest BCUT2D eigenvalue weighted by Crippen LogP contribution is -2.21. The summed E-state index contributed by atoms with van der Waals surface area (Å²) in [6.45, 7) is 5.00. The summed E-state index contributed by atoms with van der Waals surface area (Å²) in [5.41, 5.74) is 0. The predicted octanol–water partition coefficient (Wildman–Crippen LogP) is 1.97. The van der Waals surface area contributed by atoms with Crippen LogP contribution in [0.5, 0.6) is 0 Å². The third-order valence-corrected chi connectivity index (χ3v) is 2.16. The molecule has 0 saturated carbocycles. The van der Waals surface area contributed by atoms with Gasteiger partial charge in [-0.25, -0.2) is 0 Å². The van der Waals surface area contributed by atoms with Crippen LogP contribution in [0.25, 0.3) is 0 Å². The molecule has 82 valence electrons. The Morgan fingerprint density at radius 2 is 0.769 bits per heavy atom. The number of rotatable bonds is 0. The maximum atomic E-state index is 3.28. The smallest absolute Gasteiger partial charge is 0.00484 e. The summed E-state index contributed by atoms with van der Waals surface area (Å²) in [5, 5.41) is 6.51. The molecule has 0 atom stereocenters. The Morgan fingerprint density at radius 1 is 0.462 bits per heavy atom. The summed E-state index contributed by atoms with van der Waals surface area (Å²) in [6.07, 6.45) is 6.99. The molecule has 0 aromatic carbocycles. The van der Waals surface area contributed by atoms with Crippen molar-refractivity contribution in [3.63, 3.8) is 0 Å². The molecule has 0 aromatic heterocycles. The van der Waals surface area contributed by atoms with Crippen LogP contribution in [0.1, 0.15) is 32.1 Å². The van der Waals surface area contributed by atoms with E-state index in [0.717, 1.165) is 0 Å². The Bertz CT molecular complexity index is 64.6. The monoisotopic (exact) mass is 228 g/mol. The molecule has 2 aliphatic rings. The average molecular weight is 229 g/mol. The van der Waals surface area contributed by atoms with Gasteiger partial charge in [-0.3, -0.25) is 0 Å². The van der Waals surface area contributed by atoms with Crippen LogP contribution in [0, 0.1) is 0 Å². The highest BCUT2D eigenvalue weighted by Crippen LogP contribution is 1.96. The summed E-state index contributed by atoms with van der Waals surface area (Å²) < 4.78 is 0. The number of nitrogens with one attached hydrogen (secondary N) is 2. The maximum absolute atomic E-state index is 3.28. The normalized spacial score (nSPS) is 20.3. The summed E-state index contributed by atoms with van der Waals surface area (Å²) in [7, 11) is 0. The molecular formula is C9H22Cl2N2. The third-order valence-electron chi connectivity index (χ3n) is 2.16. The van der Waals surface area contributed by atoms with Crippen LogP contribution in [-0.4, -0.2) is 26.2 Å². The lowest BCUT2D eigenvalue weighted by atomic mass is 10.2. The molecule has 0 aliphatic carbocycles. The van der Waals surface area contributed by atoms with E-state index in [9.17, 15) is 0 Å². The second-order valence-corrected chi connectivity index (χ2v) is 3.27. The van der Waals surface area contributed by atoms with Crippen molar-refractivity contribution in [1.29, 1.82) is 0 Å². The Labute approximate surface area is 94.1 Å². The zero-order chi connectivity index (χ0) is 7.78. The first kappa shape index (κ1) is 15.9. The maximum Gasteiger partial charge on any atom is -0.00484 e. The van der Waals surface area contributed by atoms with Crippen molar-refractivity contribution in [2.75, 3.05) is 26.2 Å². The van der Waals surface area contributed by atoms with Gasteiger partial charge in [0.15, 0.2) is 0 Å². The van der Waals surface area contributed by atoms with Gasteiger partial charge in [0.25, 0.3) is 0 Å². The number of halogens is 2. The molecule has 0 amide bonds. The second-order valence-electron chi connectivity index (χ2n) is 3.27. The molecule has 2 aliphatic heterocycles. The highest BCUT2D eigenvalue weighted by Gasteiger charge is 1.94. The van der Waals surface area contributed by atoms with E-state index in [4.69, 9.17) is 0 Å². The SMILES string of the molecule is C1CCNC1.C1CCNCC1.Cl.Cl. The van der Waals surface area contributed by atoms with E-state index in [1.54, 1.807) is 0 Å². The molecule has 13 heavy (non-hydrogen) atoms. The highest BCUT2D eigenvalue weighted by atomic mass is 35.5. The van der Waals surface area contributed by atoms with Gasteiger partial charge in [0, 0.05) is 0 Å². The molecule has 2 N–H and O–H groups in total. The van der Waals surface area contributed by atoms with Gasteiger partial charge in [0.05, 0.1) is 0 Å². The first-order valence-corrected chi connectivity index (χ1v) is 4.91. The largest absolute Gasteiger partial charge is 0.317 e. The minimum Gasteiger partial charge on any atom is -0.317 e. The Balaban J connectivity index is 0. The predicted molar refractivity (Wildman–Crippen MR) is 63.3 cm³/mol. The Morgan fingerprint density at radius 3 is 0.923 bits per heavy atom. The lowest BCUT2D eigenvalue weighted by Gasteiger charge is -2.08. The third kappa shape index (κ3) is 10.4. The second kappa shape index (κ2) is 12.5. The fourth-order valence-corrected chi connectivity index (χ4v) is 1.43. The summed E-state index contributed by atoms with van der Waals surface area (Å²) >= 11 is 0. The molecular weight excluding hydrogens is 207 g/mol. The molecule has 2 saturated heterocycles. The van der Waals surface area contributed by atoms with Gasteiger partial charge in [-0.05, 0) is 51.9 Å². The van der Waals surface area contributed by atoms with E-state index in [2.05, 4.69) is 10.6 Å². The molecule has 0 spiro atoms. The van der Waals surface area contributed by atoms with Gasteiger partial charge in [0.2, 0.25) is 0 Å². The van der Waals surface area contributed by atoms with Crippen molar-refractivity contribution in [2.45, 2.75) is 32.1 Å². The van der Waals surface area contributed by atoms with Crippen LogP contribution >= 0.6 is 24.8 Å². The van der Waals surface area contributed by atoms with Crippen molar-refractivity contribution in [2.24, 2.45) is 0 Å². The first-order valence-electron chi connectivity index (χ1n) is 4.91. The minimum atomic E-state index is 0. The molecule has 2 heterocycles. The van der Waals surface area contributed by atoms with E-state index >= 15 is 0 Å². The molecule has 2 nitrogen and oxygen atoms in total. The molecule has 2 fully saturated rings. The van der Waals surface area contributed by atoms with Gasteiger partial charge in [0.1, 0.15) is 0 Å². The Hall–Kier alpha value is 0.500. The van der Waals surface area contributed by atoms with Crippen LogP contribution < -0.4 is 10.6 Å². The molecule has 0 aromatic rings. The van der Waals surface area contributed by atoms with E-state index in [-0.39, 0.29) is 24.8 Å². The standard InChI is InChI=1S/C5H11N.C4H9N.2ClH/c1-2-4-6-5-3-1;1-2-4-5-3-1;;/h6H,1-5H2;5H,1-4H2;2*1H. The van der Waals surface area contributed by atoms with Crippen molar-refractivity contribution < 1.29 is 0 Å². The lowest BCUT2D eigenvalue weighted by molar-refractivity contribution is 0.520. The van der Waals surface area contributed by atoms with Crippen molar-refractivity contribution in [3.8, 4) is 0 Å². The quantitative estimate of drug-likeness (QED) is 0.663. The fraction of sp³-hybridized carbons (Fsp3) is 1.00. The van der Waals surface area contributed by atoms with Crippen molar-refractivity contribution in [1.82, 2.24) is 10.6 Å². The number of piperidine rings is 1. The van der Waals surface area contributed by atoms with E-state index in [0.29, 0.717) is 0 Å². The summed E-state index contributed by atoms with van der Waals surface area (Å²) in [4.78, 5) is 0. The van der Waals surface area contributed by atoms with E-state index in [1.165, 1.54) is 58.3 Å². The topological polar surface area (TPSA) is 24.1 Å². The Kier molecular flexibility index (Phi) is 15.3. The van der Waals surface area contributed by atoms with Gasteiger partial charge >= 0.3 is 0 Å². The van der Waals surface area contributed by atoms with Crippen LogP contribution in [-0.2, 0) is 0 Å².